The number of amides is 2. The third-order valence-corrected chi connectivity index (χ3v) is 7.69. The number of hydrogen-bond acceptors (Lipinski definition) is 5. The van der Waals surface area contributed by atoms with Crippen molar-refractivity contribution in [3.63, 3.8) is 0 Å². The van der Waals surface area contributed by atoms with Gasteiger partial charge in [-0.3, -0.25) is 19.7 Å². The summed E-state index contributed by atoms with van der Waals surface area (Å²) in [6, 6.07) is 11.6. The Balaban J connectivity index is 1.32. The molecule has 2 aromatic heterocycles. The number of methoxy groups -OCH3 is 1. The number of hydrogen-bond donors (Lipinski definition) is 1. The van der Waals surface area contributed by atoms with E-state index in [9.17, 15) is 9.59 Å². The lowest BCUT2D eigenvalue weighted by atomic mass is 9.84. The van der Waals surface area contributed by atoms with E-state index in [4.69, 9.17) is 4.74 Å². The first-order valence-corrected chi connectivity index (χ1v) is 12.7. The number of likely N-dealkylation sites (tertiary alicyclic amines) is 1. The van der Waals surface area contributed by atoms with Crippen molar-refractivity contribution in [1.82, 2.24) is 25.0 Å². The number of aromatic nitrogens is 3. The van der Waals surface area contributed by atoms with Crippen LogP contribution in [0.3, 0.4) is 0 Å². The number of carbonyl (C=O) groups is 2. The first-order valence-electron chi connectivity index (χ1n) is 12.7. The van der Waals surface area contributed by atoms with E-state index in [2.05, 4.69) is 21.2 Å². The highest BCUT2D eigenvalue weighted by Gasteiger charge is 2.35. The van der Waals surface area contributed by atoms with Crippen LogP contribution in [0.25, 0.3) is 0 Å². The molecule has 2 amide bonds. The van der Waals surface area contributed by atoms with Gasteiger partial charge in [0.15, 0.2) is 5.69 Å². The molecule has 1 fully saturated rings. The minimum atomic E-state index is -0.0402. The van der Waals surface area contributed by atoms with Gasteiger partial charge >= 0.3 is 0 Å². The third-order valence-electron chi connectivity index (χ3n) is 7.69. The summed E-state index contributed by atoms with van der Waals surface area (Å²) in [5, 5.41) is 7.39. The van der Waals surface area contributed by atoms with E-state index >= 15 is 0 Å². The number of aromatic amines is 1. The number of rotatable bonds is 7. The largest absolute Gasteiger partial charge is 0.497 e. The van der Waals surface area contributed by atoms with Gasteiger partial charge in [0.05, 0.1) is 12.7 Å². The summed E-state index contributed by atoms with van der Waals surface area (Å²) in [5.74, 6) is 1.05. The van der Waals surface area contributed by atoms with Gasteiger partial charge < -0.3 is 14.5 Å². The molecule has 1 N–H and O–H groups in total. The fraction of sp³-hybridized carbons (Fsp3) is 0.429. The van der Waals surface area contributed by atoms with E-state index < -0.39 is 0 Å². The van der Waals surface area contributed by atoms with Crippen molar-refractivity contribution < 1.29 is 14.3 Å². The first kappa shape index (κ1) is 24.0. The van der Waals surface area contributed by atoms with Crippen molar-refractivity contribution in [2.75, 3.05) is 27.2 Å². The van der Waals surface area contributed by atoms with Gasteiger partial charge in [-0.2, -0.15) is 5.10 Å². The number of piperidine rings is 1. The molecule has 188 valence electrons. The molecule has 0 bridgehead atoms. The molecule has 1 atom stereocenters. The van der Waals surface area contributed by atoms with Crippen LogP contribution in [0.15, 0.2) is 48.8 Å². The highest BCUT2D eigenvalue weighted by atomic mass is 16.5. The topological polar surface area (TPSA) is 91.4 Å². The minimum Gasteiger partial charge on any atom is -0.497 e. The predicted molar refractivity (Wildman–Crippen MR) is 136 cm³/mol. The van der Waals surface area contributed by atoms with Gasteiger partial charge in [0.2, 0.25) is 0 Å². The zero-order chi connectivity index (χ0) is 25.1. The molecule has 5 rings (SSSR count). The van der Waals surface area contributed by atoms with E-state index in [0.717, 1.165) is 54.7 Å². The Bertz CT molecular complexity index is 1220. The van der Waals surface area contributed by atoms with E-state index in [1.165, 1.54) is 0 Å². The fourth-order valence-electron chi connectivity index (χ4n) is 5.64. The van der Waals surface area contributed by atoms with E-state index in [1.807, 2.05) is 35.0 Å². The second-order valence-corrected chi connectivity index (χ2v) is 9.79. The SMILES string of the molecule is COc1cccc(C[C@@H](C2CCN(C(=O)c3n[nH]c4c3CCC4)CC2)N(C)C(=O)c2cccnc2)c1. The first-order chi connectivity index (χ1) is 17.5. The Morgan fingerprint density at radius 3 is 2.78 bits per heavy atom. The maximum atomic E-state index is 13.4. The van der Waals surface area contributed by atoms with Crippen LogP contribution >= 0.6 is 0 Å². The molecule has 1 aliphatic carbocycles. The average molecular weight is 488 g/mol. The molecule has 3 heterocycles. The summed E-state index contributed by atoms with van der Waals surface area (Å²) < 4.78 is 5.43. The summed E-state index contributed by atoms with van der Waals surface area (Å²) in [6.45, 7) is 1.32. The lowest BCUT2D eigenvalue weighted by Gasteiger charge is -2.40. The minimum absolute atomic E-state index is 0.0169. The Morgan fingerprint density at radius 2 is 2.03 bits per heavy atom. The monoisotopic (exact) mass is 487 g/mol. The Labute approximate surface area is 211 Å². The molecular formula is C28H33N5O3. The number of pyridine rings is 1. The number of nitrogens with zero attached hydrogens (tertiary/aromatic N) is 4. The summed E-state index contributed by atoms with van der Waals surface area (Å²) in [5.41, 5.74) is 4.51. The molecule has 0 saturated carbocycles. The lowest BCUT2D eigenvalue weighted by Crippen LogP contribution is -2.48. The molecule has 0 radical (unpaired) electrons. The van der Waals surface area contributed by atoms with Gasteiger partial charge in [0.1, 0.15) is 5.75 Å². The highest BCUT2D eigenvalue weighted by molar-refractivity contribution is 5.94. The molecule has 36 heavy (non-hydrogen) atoms. The lowest BCUT2D eigenvalue weighted by molar-refractivity contribution is 0.0519. The Hall–Kier alpha value is -3.68. The van der Waals surface area contributed by atoms with Crippen LogP contribution in [0, 0.1) is 5.92 Å². The second-order valence-electron chi connectivity index (χ2n) is 9.79. The van der Waals surface area contributed by atoms with Crippen molar-refractivity contribution in [2.24, 2.45) is 5.92 Å². The molecule has 8 nitrogen and oxygen atoms in total. The zero-order valence-corrected chi connectivity index (χ0v) is 20.9. The average Bonchev–Trinajstić information content (AvgIpc) is 3.56. The van der Waals surface area contributed by atoms with Crippen molar-refractivity contribution in [1.29, 1.82) is 0 Å². The normalized spacial score (nSPS) is 16.4. The summed E-state index contributed by atoms with van der Waals surface area (Å²) >= 11 is 0. The van der Waals surface area contributed by atoms with Crippen molar-refractivity contribution in [3.8, 4) is 5.75 Å². The molecule has 2 aliphatic rings. The second kappa shape index (κ2) is 10.5. The van der Waals surface area contributed by atoms with Gasteiger partial charge in [-0.1, -0.05) is 12.1 Å². The van der Waals surface area contributed by atoms with E-state index in [-0.39, 0.29) is 23.8 Å². The van der Waals surface area contributed by atoms with Crippen LogP contribution in [0.4, 0.5) is 0 Å². The summed E-state index contributed by atoms with van der Waals surface area (Å²) in [7, 11) is 3.54. The van der Waals surface area contributed by atoms with Crippen molar-refractivity contribution in [2.45, 2.75) is 44.6 Å². The van der Waals surface area contributed by atoms with Gasteiger partial charge in [0, 0.05) is 49.8 Å². The van der Waals surface area contributed by atoms with Gasteiger partial charge in [-0.05, 0) is 74.3 Å². The zero-order valence-electron chi connectivity index (χ0n) is 20.9. The number of fused-ring (bicyclic) bond motifs is 1. The Kier molecular flexibility index (Phi) is 7.02. The van der Waals surface area contributed by atoms with Gasteiger partial charge in [-0.25, -0.2) is 0 Å². The van der Waals surface area contributed by atoms with Crippen molar-refractivity contribution in [3.05, 3.63) is 76.9 Å². The number of nitrogens with one attached hydrogen (secondary N) is 1. The molecular weight excluding hydrogens is 454 g/mol. The van der Waals surface area contributed by atoms with Crippen LogP contribution in [-0.4, -0.2) is 70.1 Å². The molecule has 0 spiro atoms. The van der Waals surface area contributed by atoms with Gasteiger partial charge in [-0.15, -0.1) is 0 Å². The third kappa shape index (κ3) is 4.85. The smallest absolute Gasteiger partial charge is 0.274 e. The molecule has 1 aliphatic heterocycles. The van der Waals surface area contributed by atoms with Crippen LogP contribution < -0.4 is 4.74 Å². The molecule has 1 saturated heterocycles. The molecule has 0 unspecified atom stereocenters. The maximum Gasteiger partial charge on any atom is 0.274 e. The van der Waals surface area contributed by atoms with Crippen LogP contribution in [-0.2, 0) is 19.3 Å². The van der Waals surface area contributed by atoms with Crippen LogP contribution in [0.2, 0.25) is 0 Å². The predicted octanol–water partition coefficient (Wildman–Crippen LogP) is 3.54. The standard InChI is InChI=1S/C28H33N5O3/c1-32(27(34)21-7-5-13-29-18-21)25(17-19-6-3-8-22(16-19)36-2)20-11-14-33(15-12-20)28(35)26-23-9-4-10-24(23)30-31-26/h3,5-8,13,16,18,20,25H,4,9-12,14-15,17H2,1-2H3,(H,30,31)/t25-/m0/s1. The van der Waals surface area contributed by atoms with E-state index in [1.54, 1.807) is 31.6 Å². The van der Waals surface area contributed by atoms with Crippen LogP contribution in [0.1, 0.15) is 56.9 Å². The van der Waals surface area contributed by atoms with Crippen molar-refractivity contribution >= 4 is 11.8 Å². The van der Waals surface area contributed by atoms with E-state index in [0.29, 0.717) is 30.8 Å². The van der Waals surface area contributed by atoms with Gasteiger partial charge in [0.25, 0.3) is 11.8 Å². The number of benzene rings is 1. The Morgan fingerprint density at radius 1 is 1.19 bits per heavy atom. The maximum absolute atomic E-state index is 13.4. The van der Waals surface area contributed by atoms with Crippen LogP contribution in [0.5, 0.6) is 5.75 Å². The highest BCUT2D eigenvalue weighted by Crippen LogP contribution is 2.30. The number of likely N-dealkylation sites (N-methyl/N-ethyl adjacent to an activating group) is 1. The number of ether oxygens (including phenoxy) is 1. The fourth-order valence-corrected chi connectivity index (χ4v) is 5.64. The molecule has 3 aromatic rings. The quantitative estimate of drug-likeness (QED) is 0.551. The number of carbonyl (C=O) groups excluding carboxylic acids is 2. The number of H-pyrrole nitrogens is 1. The molecule has 8 heteroatoms. The molecule has 1 aromatic carbocycles. The summed E-state index contributed by atoms with van der Waals surface area (Å²) in [4.78, 5) is 34.5. The summed E-state index contributed by atoms with van der Waals surface area (Å²) in [6.07, 6.45) is 8.64. The number of aryl methyl sites for hydroxylation is 1.